The molecule has 0 N–H and O–H groups in total. The van der Waals surface area contributed by atoms with Gasteiger partial charge in [-0.2, -0.15) is 0 Å². The maximum absolute atomic E-state index is 14.3. The van der Waals surface area contributed by atoms with Crippen LogP contribution in [0.2, 0.25) is 0 Å². The minimum Gasteiger partial charge on any atom is -0.207 e. The average molecular weight is 441 g/mol. The monoisotopic (exact) mass is 440 g/mol. The summed E-state index contributed by atoms with van der Waals surface area (Å²) in [7, 11) is 0. The van der Waals surface area contributed by atoms with Gasteiger partial charge in [0, 0.05) is 0 Å². The van der Waals surface area contributed by atoms with E-state index in [4.69, 9.17) is 0 Å². The van der Waals surface area contributed by atoms with Crippen molar-refractivity contribution in [1.82, 2.24) is 0 Å². The van der Waals surface area contributed by atoms with Gasteiger partial charge in [-0.15, -0.1) is 0 Å². The molecule has 0 amide bonds. The van der Waals surface area contributed by atoms with Crippen LogP contribution in [0.3, 0.4) is 0 Å². The zero-order valence-electron chi connectivity index (χ0n) is 21.1. The molecule has 0 aliphatic heterocycles. The number of aryl methyl sites for hydroxylation is 2. The molecule has 0 spiro atoms. The van der Waals surface area contributed by atoms with Crippen molar-refractivity contribution < 1.29 is 4.39 Å². The largest absolute Gasteiger partial charge is 0.207 e. The molecule has 1 atom stereocenters. The van der Waals surface area contributed by atoms with E-state index in [0.29, 0.717) is 0 Å². The quantitative estimate of drug-likeness (QED) is 0.211. The van der Waals surface area contributed by atoms with Crippen LogP contribution in [0, 0.1) is 23.6 Å². The van der Waals surface area contributed by atoms with Gasteiger partial charge >= 0.3 is 0 Å². The molecule has 1 fully saturated rings. The molecular formula is C31H49F. The summed E-state index contributed by atoms with van der Waals surface area (Å²) in [5.41, 5.74) is 3.67. The smallest absolute Gasteiger partial charge is 0.126 e. The summed E-state index contributed by atoms with van der Waals surface area (Å²) in [5, 5.41) is 0. The lowest BCUT2D eigenvalue weighted by Crippen LogP contribution is -2.16. The maximum Gasteiger partial charge on any atom is 0.126 e. The van der Waals surface area contributed by atoms with Crippen LogP contribution in [-0.4, -0.2) is 0 Å². The lowest BCUT2D eigenvalue weighted by Gasteiger charge is -2.30. The van der Waals surface area contributed by atoms with E-state index in [-0.39, 0.29) is 5.82 Å². The number of allylic oxidation sites excluding steroid dienone is 2. The third kappa shape index (κ3) is 8.68. The predicted octanol–water partition coefficient (Wildman–Crippen LogP) is 9.99. The van der Waals surface area contributed by atoms with Crippen LogP contribution >= 0.6 is 0 Å². The van der Waals surface area contributed by atoms with E-state index in [1.165, 1.54) is 83.5 Å². The Hall–Kier alpha value is -1.11. The standard InChI is InChI=1S/C31H49F/c1-3-5-7-8-25-10-12-26(13-11-25)14-15-27-16-18-28(19-17-27)20-21-29-22-23-30(9-6-4-2)31(32)24-29/h18,22-27H,3-17,19-21H2,1-2H3/t25-,26-,27?. The molecule has 1 heteroatoms. The minimum atomic E-state index is 0.00336. The fourth-order valence-corrected chi connectivity index (χ4v) is 6.02. The second-order valence-corrected chi connectivity index (χ2v) is 11.0. The van der Waals surface area contributed by atoms with Crippen LogP contribution in [-0.2, 0) is 12.8 Å². The Bertz CT molecular complexity index is 680. The molecule has 0 heterocycles. The van der Waals surface area contributed by atoms with Crippen molar-refractivity contribution in [3.8, 4) is 0 Å². The summed E-state index contributed by atoms with van der Waals surface area (Å²) in [5.74, 6) is 2.97. The Morgan fingerprint density at radius 3 is 2.12 bits per heavy atom. The summed E-state index contributed by atoms with van der Waals surface area (Å²) in [6.07, 6.45) is 26.3. The molecule has 2 aliphatic carbocycles. The molecule has 0 aromatic heterocycles. The Kier molecular flexibility index (Phi) is 11.3. The number of halogens is 1. The molecule has 32 heavy (non-hydrogen) atoms. The van der Waals surface area contributed by atoms with E-state index >= 15 is 0 Å². The molecule has 0 nitrogen and oxygen atoms in total. The summed E-state index contributed by atoms with van der Waals surface area (Å²) in [6.45, 7) is 4.48. The Balaban J connectivity index is 1.31. The van der Waals surface area contributed by atoms with Crippen LogP contribution in [0.25, 0.3) is 0 Å². The summed E-state index contributed by atoms with van der Waals surface area (Å²) in [4.78, 5) is 0. The first kappa shape index (κ1) is 25.5. The number of unbranched alkanes of at least 4 members (excludes halogenated alkanes) is 3. The van der Waals surface area contributed by atoms with Gasteiger partial charge in [0.15, 0.2) is 0 Å². The summed E-state index contributed by atoms with van der Waals surface area (Å²) < 4.78 is 14.3. The van der Waals surface area contributed by atoms with Crippen molar-refractivity contribution >= 4 is 0 Å². The number of benzene rings is 1. The van der Waals surface area contributed by atoms with Crippen LogP contribution in [0.5, 0.6) is 0 Å². The van der Waals surface area contributed by atoms with Gasteiger partial charge in [-0.3, -0.25) is 0 Å². The minimum absolute atomic E-state index is 0.00336. The van der Waals surface area contributed by atoms with Gasteiger partial charge in [0.2, 0.25) is 0 Å². The molecule has 180 valence electrons. The van der Waals surface area contributed by atoms with Crippen molar-refractivity contribution in [2.75, 3.05) is 0 Å². The van der Waals surface area contributed by atoms with Gasteiger partial charge in [0.25, 0.3) is 0 Å². The van der Waals surface area contributed by atoms with Gasteiger partial charge in [-0.05, 0) is 86.3 Å². The van der Waals surface area contributed by atoms with Crippen molar-refractivity contribution in [3.63, 3.8) is 0 Å². The lowest BCUT2D eigenvalue weighted by atomic mass is 9.76. The third-order valence-electron chi connectivity index (χ3n) is 8.43. The molecule has 3 rings (SSSR count). The van der Waals surface area contributed by atoms with Gasteiger partial charge in [-0.1, -0.05) is 102 Å². The first-order valence-electron chi connectivity index (χ1n) is 14.1. The van der Waals surface area contributed by atoms with Crippen LogP contribution < -0.4 is 0 Å². The zero-order chi connectivity index (χ0) is 22.6. The molecule has 0 saturated heterocycles. The molecule has 1 aromatic carbocycles. The maximum atomic E-state index is 14.3. The normalized spacial score (nSPS) is 23.8. The van der Waals surface area contributed by atoms with Gasteiger partial charge in [0.1, 0.15) is 5.82 Å². The second kappa shape index (κ2) is 14.2. The Morgan fingerprint density at radius 1 is 0.750 bits per heavy atom. The van der Waals surface area contributed by atoms with Gasteiger partial charge in [0.05, 0.1) is 0 Å². The van der Waals surface area contributed by atoms with E-state index in [0.717, 1.165) is 61.0 Å². The highest BCUT2D eigenvalue weighted by atomic mass is 19.1. The highest BCUT2D eigenvalue weighted by Gasteiger charge is 2.22. The van der Waals surface area contributed by atoms with Gasteiger partial charge < -0.3 is 0 Å². The number of hydrogen-bond acceptors (Lipinski definition) is 0. The van der Waals surface area contributed by atoms with E-state index in [1.807, 2.05) is 6.07 Å². The van der Waals surface area contributed by atoms with Crippen molar-refractivity contribution in [3.05, 3.63) is 46.8 Å². The second-order valence-electron chi connectivity index (χ2n) is 11.0. The topological polar surface area (TPSA) is 0 Å². The first-order valence-corrected chi connectivity index (χ1v) is 14.1. The van der Waals surface area contributed by atoms with Crippen LogP contribution in [0.1, 0.15) is 128 Å². The SMILES string of the molecule is CCCCC[C@H]1CC[C@H](CCC2CC=C(CCc3ccc(CCCC)c(F)c3)CC2)CC1. The fourth-order valence-electron chi connectivity index (χ4n) is 6.02. The number of rotatable bonds is 13. The van der Waals surface area contributed by atoms with E-state index in [2.05, 4.69) is 26.0 Å². The molecule has 0 radical (unpaired) electrons. The molecular weight excluding hydrogens is 391 g/mol. The van der Waals surface area contributed by atoms with E-state index in [1.54, 1.807) is 11.6 Å². The molecule has 0 bridgehead atoms. The molecule has 1 aromatic rings. The highest BCUT2D eigenvalue weighted by molar-refractivity contribution is 5.25. The first-order chi connectivity index (χ1) is 15.7. The highest BCUT2D eigenvalue weighted by Crippen LogP contribution is 2.37. The van der Waals surface area contributed by atoms with Crippen molar-refractivity contribution in [1.29, 1.82) is 0 Å². The zero-order valence-corrected chi connectivity index (χ0v) is 21.1. The van der Waals surface area contributed by atoms with Crippen molar-refractivity contribution in [2.45, 2.75) is 129 Å². The summed E-state index contributed by atoms with van der Waals surface area (Å²) >= 11 is 0. The number of hydrogen-bond donors (Lipinski definition) is 0. The van der Waals surface area contributed by atoms with Crippen LogP contribution in [0.15, 0.2) is 29.8 Å². The Morgan fingerprint density at radius 2 is 1.47 bits per heavy atom. The van der Waals surface area contributed by atoms with Gasteiger partial charge in [-0.25, -0.2) is 4.39 Å². The molecule has 1 saturated carbocycles. The fraction of sp³-hybridized carbons (Fsp3) is 0.742. The van der Waals surface area contributed by atoms with Crippen LogP contribution in [0.4, 0.5) is 4.39 Å². The predicted molar refractivity (Wildman–Crippen MR) is 138 cm³/mol. The lowest BCUT2D eigenvalue weighted by molar-refractivity contribution is 0.234. The Labute approximate surface area is 198 Å². The summed E-state index contributed by atoms with van der Waals surface area (Å²) in [6, 6.07) is 5.96. The molecule has 2 aliphatic rings. The average Bonchev–Trinajstić information content (AvgIpc) is 2.82. The van der Waals surface area contributed by atoms with E-state index < -0.39 is 0 Å². The van der Waals surface area contributed by atoms with Crippen molar-refractivity contribution in [2.24, 2.45) is 17.8 Å². The third-order valence-corrected chi connectivity index (χ3v) is 8.43. The molecule has 1 unspecified atom stereocenters. The van der Waals surface area contributed by atoms with E-state index in [9.17, 15) is 4.39 Å².